The summed E-state index contributed by atoms with van der Waals surface area (Å²) in [4.78, 5) is 36.8. The van der Waals surface area contributed by atoms with Crippen molar-refractivity contribution in [3.05, 3.63) is 59.9 Å². The molecule has 2 N–H and O–H groups in total. The number of allylic oxidation sites excluding steroid dienone is 6. The number of aliphatic hydroxyl groups excluding tert-OH is 2. The molecular weight excluding hydrogens is 733 g/mol. The molecule has 16 atom stereocenters. The topological polar surface area (TPSA) is 129 Å². The Morgan fingerprint density at radius 1 is 0.707 bits per heavy atom. The molecule has 4 aliphatic carbocycles. The fourth-order valence-corrected chi connectivity index (χ4v) is 10.3. The molecule has 2 saturated heterocycles. The van der Waals surface area contributed by atoms with E-state index in [1.54, 1.807) is 0 Å². The number of cyclic esters (lactones) is 1. The summed E-state index contributed by atoms with van der Waals surface area (Å²) in [5.41, 5.74) is 2.59. The maximum Gasteiger partial charge on any atom is 0.308 e. The molecule has 0 unspecified atom stereocenters. The lowest BCUT2D eigenvalue weighted by Crippen LogP contribution is -2.42. The Labute approximate surface area is 348 Å². The average Bonchev–Trinajstić information content (AvgIpc) is 3.16. The number of fused-ring (bicyclic) bond motifs is 2. The minimum Gasteiger partial charge on any atom is -0.495 e. The number of carbonyl (C=O) groups excluding carboxylic acids is 3. The molecule has 0 bridgehead atoms. The van der Waals surface area contributed by atoms with Crippen LogP contribution in [0.15, 0.2) is 59.9 Å². The van der Waals surface area contributed by atoms with Gasteiger partial charge in [0.05, 0.1) is 36.2 Å². The second-order valence-electron chi connectivity index (χ2n) is 18.9. The first kappa shape index (κ1) is 45.9. The van der Waals surface area contributed by atoms with Gasteiger partial charge in [-0.2, -0.15) is 0 Å². The monoisotopic (exact) mass is 807 g/mol. The first-order chi connectivity index (χ1) is 27.6. The van der Waals surface area contributed by atoms with Crippen LogP contribution in [0.2, 0.25) is 0 Å². The normalized spacial score (nSPS) is 37.9. The van der Waals surface area contributed by atoms with Gasteiger partial charge in [-0.3, -0.25) is 14.4 Å². The number of hydrogen-bond donors (Lipinski definition) is 2. The smallest absolute Gasteiger partial charge is 0.308 e. The third-order valence-electron chi connectivity index (χ3n) is 14.0. The van der Waals surface area contributed by atoms with Gasteiger partial charge in [-0.15, -0.1) is 0 Å². The maximum absolute atomic E-state index is 12.6. The molecule has 0 aromatic rings. The van der Waals surface area contributed by atoms with Gasteiger partial charge in [0, 0.05) is 31.1 Å². The van der Waals surface area contributed by atoms with Gasteiger partial charge in [0.25, 0.3) is 0 Å². The summed E-state index contributed by atoms with van der Waals surface area (Å²) in [7, 11) is 0. The Kier molecular flexibility index (Phi) is 16.5. The fourth-order valence-electron chi connectivity index (χ4n) is 10.3. The molecular formula is C49H74O9. The van der Waals surface area contributed by atoms with Gasteiger partial charge in [0.15, 0.2) is 0 Å². The highest BCUT2D eigenvalue weighted by Gasteiger charge is 2.44. The van der Waals surface area contributed by atoms with Crippen molar-refractivity contribution in [2.24, 2.45) is 59.2 Å². The number of aliphatic hydroxyl groups is 2. The molecule has 324 valence electrons. The minimum absolute atomic E-state index is 0.0282. The van der Waals surface area contributed by atoms with Crippen LogP contribution in [0.1, 0.15) is 132 Å². The van der Waals surface area contributed by atoms with Crippen LogP contribution < -0.4 is 0 Å². The average molecular weight is 807 g/mol. The summed E-state index contributed by atoms with van der Waals surface area (Å²) in [6, 6.07) is 0. The van der Waals surface area contributed by atoms with Crippen molar-refractivity contribution in [1.82, 2.24) is 0 Å². The second-order valence-corrected chi connectivity index (χ2v) is 18.9. The number of ether oxygens (including phenoxy) is 4. The van der Waals surface area contributed by atoms with Crippen molar-refractivity contribution in [2.45, 2.75) is 169 Å². The maximum atomic E-state index is 12.6. The van der Waals surface area contributed by atoms with E-state index in [9.17, 15) is 24.6 Å². The highest BCUT2D eigenvalue weighted by atomic mass is 16.6. The number of rotatable bonds is 12. The Hall–Kier alpha value is -3.17. The van der Waals surface area contributed by atoms with Crippen molar-refractivity contribution in [3.63, 3.8) is 0 Å². The van der Waals surface area contributed by atoms with Crippen molar-refractivity contribution in [2.75, 3.05) is 0 Å². The molecule has 9 heteroatoms. The molecule has 9 nitrogen and oxygen atoms in total. The molecule has 2 aliphatic heterocycles. The van der Waals surface area contributed by atoms with Crippen LogP contribution in [0.4, 0.5) is 0 Å². The lowest BCUT2D eigenvalue weighted by atomic mass is 9.65. The molecule has 6 rings (SSSR count). The summed E-state index contributed by atoms with van der Waals surface area (Å²) in [6.45, 7) is 20.7. The molecule has 0 saturated carbocycles. The third-order valence-corrected chi connectivity index (χ3v) is 14.0. The van der Waals surface area contributed by atoms with Crippen LogP contribution in [-0.4, -0.2) is 64.7 Å². The predicted molar refractivity (Wildman–Crippen MR) is 226 cm³/mol. The van der Waals surface area contributed by atoms with Gasteiger partial charge in [0.1, 0.15) is 24.4 Å². The zero-order valence-electron chi connectivity index (χ0n) is 36.6. The Morgan fingerprint density at radius 2 is 1.14 bits per heavy atom. The lowest BCUT2D eigenvalue weighted by molar-refractivity contribution is -0.162. The quantitative estimate of drug-likeness (QED) is 0.146. The first-order valence-corrected chi connectivity index (χ1v) is 22.7. The van der Waals surface area contributed by atoms with Gasteiger partial charge in [0.2, 0.25) is 0 Å². The van der Waals surface area contributed by atoms with E-state index in [2.05, 4.69) is 70.7 Å². The predicted octanol–water partition coefficient (Wildman–Crippen LogP) is 9.38. The van der Waals surface area contributed by atoms with E-state index in [-0.39, 0.29) is 78.5 Å². The minimum atomic E-state index is -0.597. The zero-order valence-corrected chi connectivity index (χ0v) is 36.6. The van der Waals surface area contributed by atoms with Gasteiger partial charge >= 0.3 is 17.9 Å². The highest BCUT2D eigenvalue weighted by Crippen LogP contribution is 2.47. The standard InChI is InChI=1S/C25H38O4.C24H36O5/c1-6-16(3)25(27)29-23-12-15(2)11-19-8-7-17(4)22(24(19)23)10-9-21-14-20(26)13-18(5)28-21;1-5-15(3)24(27)29-21-11-14(2)10-17-7-6-16(4)20(23(17)21)9-8-19-12-18(25)13-22(26)28-19/h7-8,11,15-17,20-24,26H,5-6,9-10,12-14H2,1-4H3;6-7,10,14-16,18-21,23,25H,5,8-9,11-13H2,1-4H3/t15-,16-,17-,20-,21+,22-,23-,24-;14-,15-,16-,18+,19+,20-,21-,23-/m00/s1. The molecule has 6 aliphatic rings. The SMILES string of the molecule is C=C1C[C@H](O)C[C@@H](CC[C@@H]2[C@@H]3C(=C[C@H](C)C[C@@H]3OC(=O)[C@@H](C)CC)C=C[C@@H]2C)O1.CC[C@H](C)C(=O)O[C@H]1C[C@@H](C)C=C2C=C[C@H](C)[C@H](CC[C@@H]3C[C@@H](O)CC(=O)O3)[C@H]21. The third kappa shape index (κ3) is 12.0. The van der Waals surface area contributed by atoms with E-state index in [4.69, 9.17) is 18.9 Å². The summed E-state index contributed by atoms with van der Waals surface area (Å²) >= 11 is 0. The Morgan fingerprint density at radius 3 is 1.55 bits per heavy atom. The van der Waals surface area contributed by atoms with Crippen molar-refractivity contribution in [1.29, 1.82) is 0 Å². The van der Waals surface area contributed by atoms with Crippen molar-refractivity contribution >= 4 is 17.9 Å². The molecule has 0 aromatic heterocycles. The zero-order chi connectivity index (χ0) is 42.3. The van der Waals surface area contributed by atoms with Crippen LogP contribution in [0, 0.1) is 59.2 Å². The number of hydrogen-bond acceptors (Lipinski definition) is 9. The molecule has 58 heavy (non-hydrogen) atoms. The lowest BCUT2D eigenvalue weighted by Gasteiger charge is -2.43. The Balaban J connectivity index is 0.000000221. The van der Waals surface area contributed by atoms with E-state index in [0.29, 0.717) is 60.5 Å². The van der Waals surface area contributed by atoms with E-state index in [1.807, 2.05) is 27.7 Å². The molecule has 2 fully saturated rings. The fraction of sp³-hybridized carbons (Fsp3) is 0.735. The summed E-state index contributed by atoms with van der Waals surface area (Å²) in [6.07, 6.45) is 21.0. The second kappa shape index (κ2) is 20.9. The van der Waals surface area contributed by atoms with Crippen LogP contribution in [0.3, 0.4) is 0 Å². The van der Waals surface area contributed by atoms with E-state index in [1.165, 1.54) is 11.1 Å². The van der Waals surface area contributed by atoms with Gasteiger partial charge in [-0.05, 0) is 98.0 Å². The van der Waals surface area contributed by atoms with Crippen molar-refractivity contribution in [3.8, 4) is 0 Å². The van der Waals surface area contributed by atoms with Gasteiger partial charge < -0.3 is 29.2 Å². The first-order valence-electron chi connectivity index (χ1n) is 22.7. The summed E-state index contributed by atoms with van der Waals surface area (Å²) in [5.74, 6) is 2.81. The van der Waals surface area contributed by atoms with E-state index >= 15 is 0 Å². The van der Waals surface area contributed by atoms with Gasteiger partial charge in [-0.1, -0.05) is 98.4 Å². The summed E-state index contributed by atoms with van der Waals surface area (Å²) < 4.78 is 23.5. The van der Waals surface area contributed by atoms with Crippen LogP contribution in [-0.2, 0) is 33.3 Å². The Bertz CT molecular complexity index is 1440. The largest absolute Gasteiger partial charge is 0.495 e. The van der Waals surface area contributed by atoms with Crippen LogP contribution >= 0.6 is 0 Å². The number of carbonyl (C=O) groups is 3. The van der Waals surface area contributed by atoms with Crippen molar-refractivity contribution < 1.29 is 43.5 Å². The van der Waals surface area contributed by atoms with E-state index < -0.39 is 6.10 Å². The van der Waals surface area contributed by atoms with Crippen LogP contribution in [0.5, 0.6) is 0 Å². The number of esters is 3. The summed E-state index contributed by atoms with van der Waals surface area (Å²) in [5, 5.41) is 19.9. The molecule has 0 aromatic carbocycles. The molecule has 0 radical (unpaired) electrons. The highest BCUT2D eigenvalue weighted by molar-refractivity contribution is 5.73. The van der Waals surface area contributed by atoms with E-state index in [0.717, 1.165) is 51.4 Å². The molecule has 0 spiro atoms. The molecule has 0 amide bonds. The van der Waals surface area contributed by atoms with Crippen LogP contribution in [0.25, 0.3) is 0 Å². The molecule has 2 heterocycles. The van der Waals surface area contributed by atoms with Gasteiger partial charge in [-0.25, -0.2) is 0 Å².